The lowest BCUT2D eigenvalue weighted by Crippen LogP contribution is -2.51. The van der Waals surface area contributed by atoms with Crippen molar-refractivity contribution < 1.29 is 9.90 Å². The number of hydrogen-bond acceptors (Lipinski definition) is 4. The number of piperazine rings is 1. The minimum Gasteiger partial charge on any atom is -0.394 e. The first-order valence-electron chi connectivity index (χ1n) is 7.50. The Labute approximate surface area is 126 Å². The van der Waals surface area contributed by atoms with Crippen LogP contribution in [0.15, 0.2) is 30.3 Å². The molecule has 0 radical (unpaired) electrons. The van der Waals surface area contributed by atoms with Gasteiger partial charge in [0.05, 0.1) is 6.61 Å². The molecule has 2 atom stereocenters. The van der Waals surface area contributed by atoms with Crippen molar-refractivity contribution in [3.05, 3.63) is 35.9 Å². The maximum Gasteiger partial charge on any atom is 0.242 e. The van der Waals surface area contributed by atoms with Crippen molar-refractivity contribution >= 4 is 5.91 Å². The van der Waals surface area contributed by atoms with Gasteiger partial charge in [0.25, 0.3) is 0 Å². The average Bonchev–Trinajstić information content (AvgIpc) is 2.50. The third-order valence-corrected chi connectivity index (χ3v) is 3.93. The van der Waals surface area contributed by atoms with Gasteiger partial charge in [0.15, 0.2) is 0 Å². The van der Waals surface area contributed by atoms with Crippen LogP contribution in [0.1, 0.15) is 18.5 Å². The van der Waals surface area contributed by atoms with Gasteiger partial charge >= 0.3 is 0 Å². The standard InChI is InChI=1S/C16H25N3O2/c1-13(12-20)17-16(21)15(14-6-4-3-5-7-14)19-10-8-18(2)9-11-19/h3-7,13,15,20H,8-12H2,1-2H3,(H,17,21). The normalized spacial score (nSPS) is 20.0. The van der Waals surface area contributed by atoms with E-state index in [2.05, 4.69) is 22.2 Å². The average molecular weight is 291 g/mol. The van der Waals surface area contributed by atoms with Gasteiger partial charge in [-0.1, -0.05) is 30.3 Å². The number of nitrogens with one attached hydrogen (secondary N) is 1. The SMILES string of the molecule is CC(CO)NC(=O)C(c1ccccc1)N1CCN(C)CC1. The van der Waals surface area contributed by atoms with E-state index < -0.39 is 0 Å². The first-order chi connectivity index (χ1) is 10.1. The fraction of sp³-hybridized carbons (Fsp3) is 0.562. The lowest BCUT2D eigenvalue weighted by atomic mass is 10.0. The molecule has 1 heterocycles. The molecule has 1 aliphatic rings. The van der Waals surface area contributed by atoms with Crippen molar-refractivity contribution in [2.45, 2.75) is 19.0 Å². The molecule has 1 amide bonds. The van der Waals surface area contributed by atoms with Gasteiger partial charge in [-0.2, -0.15) is 0 Å². The molecule has 0 spiro atoms. The second kappa shape index (κ2) is 7.54. The van der Waals surface area contributed by atoms with Crippen LogP contribution in [0.5, 0.6) is 0 Å². The number of carbonyl (C=O) groups excluding carboxylic acids is 1. The molecule has 5 heteroatoms. The summed E-state index contributed by atoms with van der Waals surface area (Å²) in [6.45, 7) is 5.44. The van der Waals surface area contributed by atoms with Crippen LogP contribution in [0.3, 0.4) is 0 Å². The molecule has 0 aromatic heterocycles. The second-order valence-corrected chi connectivity index (χ2v) is 5.74. The summed E-state index contributed by atoms with van der Waals surface area (Å²) in [7, 11) is 2.10. The fourth-order valence-corrected chi connectivity index (χ4v) is 2.61. The summed E-state index contributed by atoms with van der Waals surface area (Å²) in [5, 5.41) is 12.0. The Hall–Kier alpha value is -1.43. The van der Waals surface area contributed by atoms with Gasteiger partial charge in [-0.05, 0) is 19.5 Å². The van der Waals surface area contributed by atoms with Crippen molar-refractivity contribution in [3.8, 4) is 0 Å². The first kappa shape index (κ1) is 15.9. The van der Waals surface area contributed by atoms with Crippen LogP contribution in [0, 0.1) is 0 Å². The summed E-state index contributed by atoms with van der Waals surface area (Å²) < 4.78 is 0. The lowest BCUT2D eigenvalue weighted by Gasteiger charge is -2.37. The molecule has 2 N–H and O–H groups in total. The number of aliphatic hydroxyl groups is 1. The topological polar surface area (TPSA) is 55.8 Å². The zero-order valence-electron chi connectivity index (χ0n) is 12.8. The highest BCUT2D eigenvalue weighted by Crippen LogP contribution is 2.22. The number of hydrogen-bond donors (Lipinski definition) is 2. The summed E-state index contributed by atoms with van der Waals surface area (Å²) in [5.41, 5.74) is 1.00. The Morgan fingerprint density at radius 1 is 1.24 bits per heavy atom. The minimum atomic E-state index is -0.283. The molecule has 1 fully saturated rings. The number of nitrogens with zero attached hydrogens (tertiary/aromatic N) is 2. The number of amides is 1. The largest absolute Gasteiger partial charge is 0.394 e. The third kappa shape index (κ3) is 4.27. The van der Waals surface area contributed by atoms with Gasteiger partial charge in [0.1, 0.15) is 6.04 Å². The van der Waals surface area contributed by atoms with Crippen molar-refractivity contribution in [2.24, 2.45) is 0 Å². The molecule has 1 saturated heterocycles. The molecule has 1 aromatic rings. The highest BCUT2D eigenvalue weighted by molar-refractivity contribution is 5.83. The quantitative estimate of drug-likeness (QED) is 0.828. The van der Waals surface area contributed by atoms with E-state index in [1.807, 2.05) is 37.3 Å². The van der Waals surface area contributed by atoms with Crippen molar-refractivity contribution in [1.82, 2.24) is 15.1 Å². The maximum atomic E-state index is 12.6. The molecule has 5 nitrogen and oxygen atoms in total. The summed E-state index contributed by atoms with van der Waals surface area (Å²) in [6, 6.07) is 9.35. The van der Waals surface area contributed by atoms with E-state index in [9.17, 15) is 4.79 Å². The van der Waals surface area contributed by atoms with E-state index in [0.717, 1.165) is 31.7 Å². The Balaban J connectivity index is 2.16. The smallest absolute Gasteiger partial charge is 0.242 e. The molecule has 1 aromatic carbocycles. The van der Waals surface area contributed by atoms with Gasteiger partial charge in [0, 0.05) is 32.2 Å². The van der Waals surface area contributed by atoms with Gasteiger partial charge < -0.3 is 15.3 Å². The number of aliphatic hydroxyl groups excluding tert-OH is 1. The Bertz CT molecular complexity index is 444. The van der Waals surface area contributed by atoms with Gasteiger partial charge in [0.2, 0.25) is 5.91 Å². The Morgan fingerprint density at radius 2 is 1.86 bits per heavy atom. The second-order valence-electron chi connectivity index (χ2n) is 5.74. The summed E-state index contributed by atoms with van der Waals surface area (Å²) in [6.07, 6.45) is 0. The van der Waals surface area contributed by atoms with Crippen LogP contribution in [0.2, 0.25) is 0 Å². The van der Waals surface area contributed by atoms with E-state index in [4.69, 9.17) is 5.11 Å². The predicted molar refractivity (Wildman–Crippen MR) is 82.9 cm³/mol. The Kier molecular flexibility index (Phi) is 5.73. The van der Waals surface area contributed by atoms with Crippen molar-refractivity contribution in [1.29, 1.82) is 0 Å². The molecular formula is C16H25N3O2. The number of carbonyl (C=O) groups is 1. The fourth-order valence-electron chi connectivity index (χ4n) is 2.61. The highest BCUT2D eigenvalue weighted by Gasteiger charge is 2.30. The van der Waals surface area contributed by atoms with E-state index in [-0.39, 0.29) is 24.6 Å². The summed E-state index contributed by atoms with van der Waals surface area (Å²) >= 11 is 0. The maximum absolute atomic E-state index is 12.6. The van der Waals surface area contributed by atoms with Crippen molar-refractivity contribution in [2.75, 3.05) is 39.8 Å². The molecule has 21 heavy (non-hydrogen) atoms. The third-order valence-electron chi connectivity index (χ3n) is 3.93. The van der Waals surface area contributed by atoms with Crippen molar-refractivity contribution in [3.63, 3.8) is 0 Å². The Morgan fingerprint density at radius 3 is 2.43 bits per heavy atom. The molecule has 1 aliphatic heterocycles. The predicted octanol–water partition coefficient (Wildman–Crippen LogP) is 0.472. The monoisotopic (exact) mass is 291 g/mol. The first-order valence-corrected chi connectivity index (χ1v) is 7.50. The van der Waals surface area contributed by atoms with E-state index in [1.165, 1.54) is 0 Å². The van der Waals surface area contributed by atoms with Crippen LogP contribution in [0.4, 0.5) is 0 Å². The lowest BCUT2D eigenvalue weighted by molar-refractivity contribution is -0.128. The van der Waals surface area contributed by atoms with Crippen LogP contribution in [0.25, 0.3) is 0 Å². The van der Waals surface area contributed by atoms with Gasteiger partial charge in [-0.15, -0.1) is 0 Å². The van der Waals surface area contributed by atoms with E-state index in [1.54, 1.807) is 0 Å². The number of benzene rings is 1. The molecule has 2 unspecified atom stereocenters. The van der Waals surface area contributed by atoms with E-state index >= 15 is 0 Å². The van der Waals surface area contributed by atoms with Gasteiger partial charge in [-0.25, -0.2) is 0 Å². The van der Waals surface area contributed by atoms with Crippen LogP contribution < -0.4 is 5.32 Å². The van der Waals surface area contributed by atoms with E-state index in [0.29, 0.717) is 0 Å². The van der Waals surface area contributed by atoms with Crippen LogP contribution >= 0.6 is 0 Å². The van der Waals surface area contributed by atoms with Gasteiger partial charge in [-0.3, -0.25) is 9.69 Å². The molecule has 0 bridgehead atoms. The zero-order chi connectivity index (χ0) is 15.2. The van der Waals surface area contributed by atoms with Crippen LogP contribution in [-0.2, 0) is 4.79 Å². The summed E-state index contributed by atoms with van der Waals surface area (Å²) in [5.74, 6) is -0.0349. The molecular weight excluding hydrogens is 266 g/mol. The molecule has 0 aliphatic carbocycles. The molecule has 2 rings (SSSR count). The van der Waals surface area contributed by atoms with Crippen LogP contribution in [-0.4, -0.2) is 66.7 Å². The minimum absolute atomic E-state index is 0.0349. The zero-order valence-corrected chi connectivity index (χ0v) is 12.8. The molecule has 116 valence electrons. The number of rotatable bonds is 5. The number of likely N-dealkylation sites (N-methyl/N-ethyl adjacent to an activating group) is 1. The molecule has 0 saturated carbocycles. The summed E-state index contributed by atoms with van der Waals surface area (Å²) in [4.78, 5) is 17.1. The highest BCUT2D eigenvalue weighted by atomic mass is 16.3.